The molecule has 0 aliphatic carbocycles. The van der Waals surface area contributed by atoms with Gasteiger partial charge in [0.05, 0.1) is 12.1 Å². The van der Waals surface area contributed by atoms with E-state index in [9.17, 15) is 4.79 Å². The highest BCUT2D eigenvalue weighted by atomic mass is 16.1. The Balaban J connectivity index is 1.68. The number of carbonyl (C=O) groups is 1. The van der Waals surface area contributed by atoms with Crippen LogP contribution in [0.3, 0.4) is 0 Å². The maximum Gasteiger partial charge on any atom is 0.251 e. The molecule has 7 heteroatoms. The Morgan fingerprint density at radius 1 is 1.11 bits per heavy atom. The summed E-state index contributed by atoms with van der Waals surface area (Å²) in [6.07, 6.45) is 2.75. The second kappa shape index (κ2) is 8.07. The number of amides is 1. The molecule has 7 nitrogen and oxygen atoms in total. The van der Waals surface area contributed by atoms with E-state index in [1.54, 1.807) is 10.9 Å². The van der Waals surface area contributed by atoms with Gasteiger partial charge in [0.1, 0.15) is 0 Å². The molecule has 0 bridgehead atoms. The fourth-order valence-electron chi connectivity index (χ4n) is 3.03. The molecule has 0 aliphatic rings. The van der Waals surface area contributed by atoms with E-state index in [4.69, 9.17) is 0 Å². The van der Waals surface area contributed by atoms with Gasteiger partial charge in [0.25, 0.3) is 5.95 Å². The molecule has 0 unspecified atom stereocenters. The quantitative estimate of drug-likeness (QED) is 0.725. The molecule has 1 N–H and O–H groups in total. The lowest BCUT2D eigenvalue weighted by Crippen LogP contribution is -2.27. The molecule has 0 saturated carbocycles. The number of rotatable bonds is 6. The molecule has 3 rings (SSSR count). The maximum atomic E-state index is 12.4. The molecule has 0 radical (unpaired) electrons. The van der Waals surface area contributed by atoms with Crippen molar-refractivity contribution in [2.75, 3.05) is 6.54 Å². The molecular formula is C20H24N6O. The van der Waals surface area contributed by atoms with Crippen molar-refractivity contribution >= 4 is 5.91 Å². The fraction of sp³-hybridized carbons (Fsp3) is 0.350. The topological polar surface area (TPSA) is 85.6 Å². The van der Waals surface area contributed by atoms with Crippen molar-refractivity contribution in [3.63, 3.8) is 0 Å². The van der Waals surface area contributed by atoms with Crippen LogP contribution in [0.15, 0.2) is 30.5 Å². The molecule has 1 amide bonds. The third-order valence-electron chi connectivity index (χ3n) is 4.37. The van der Waals surface area contributed by atoms with Crippen LogP contribution < -0.4 is 5.32 Å². The van der Waals surface area contributed by atoms with Gasteiger partial charge in [-0.15, -0.1) is 0 Å². The third-order valence-corrected chi connectivity index (χ3v) is 4.37. The number of carbonyl (C=O) groups excluding carboxylic acids is 1. The molecule has 3 aromatic rings. The Kier molecular flexibility index (Phi) is 5.59. The van der Waals surface area contributed by atoms with E-state index in [2.05, 4.69) is 25.4 Å². The summed E-state index contributed by atoms with van der Waals surface area (Å²) < 4.78 is 1.71. The van der Waals surface area contributed by atoms with Crippen LogP contribution in [0, 0.1) is 27.7 Å². The summed E-state index contributed by atoms with van der Waals surface area (Å²) in [6.45, 7) is 8.27. The minimum Gasteiger partial charge on any atom is -0.355 e. The number of aromatic nitrogens is 5. The van der Waals surface area contributed by atoms with Gasteiger partial charge in [0, 0.05) is 47.5 Å². The van der Waals surface area contributed by atoms with Gasteiger partial charge in [-0.2, -0.15) is 5.10 Å². The molecule has 0 spiro atoms. The minimum atomic E-state index is -0.0296. The first-order valence-electron chi connectivity index (χ1n) is 8.98. The monoisotopic (exact) mass is 364 g/mol. The van der Waals surface area contributed by atoms with Gasteiger partial charge < -0.3 is 5.32 Å². The zero-order valence-electron chi connectivity index (χ0n) is 16.2. The second-order valence-electron chi connectivity index (χ2n) is 6.61. The van der Waals surface area contributed by atoms with Gasteiger partial charge in [-0.1, -0.05) is 6.07 Å². The summed E-state index contributed by atoms with van der Waals surface area (Å²) in [5.41, 5.74) is 5.35. The van der Waals surface area contributed by atoms with Crippen LogP contribution in [0.1, 0.15) is 34.0 Å². The number of pyridine rings is 1. The highest BCUT2D eigenvalue weighted by Gasteiger charge is 2.17. The van der Waals surface area contributed by atoms with E-state index in [1.807, 2.05) is 52.0 Å². The largest absolute Gasteiger partial charge is 0.355 e. The van der Waals surface area contributed by atoms with Crippen LogP contribution in [0.2, 0.25) is 0 Å². The normalized spacial score (nSPS) is 10.8. The van der Waals surface area contributed by atoms with Gasteiger partial charge in [-0.25, -0.2) is 14.6 Å². The predicted octanol–water partition coefficient (Wildman–Crippen LogP) is 2.19. The first kappa shape index (κ1) is 18.7. The fourth-order valence-corrected chi connectivity index (χ4v) is 3.03. The highest BCUT2D eigenvalue weighted by molar-refractivity contribution is 5.79. The zero-order valence-corrected chi connectivity index (χ0v) is 16.2. The Bertz CT molecular complexity index is 928. The predicted molar refractivity (Wildman–Crippen MR) is 103 cm³/mol. The summed E-state index contributed by atoms with van der Waals surface area (Å²) in [5.74, 6) is 0.507. The van der Waals surface area contributed by atoms with Crippen LogP contribution in [0.25, 0.3) is 5.95 Å². The van der Waals surface area contributed by atoms with Crippen LogP contribution in [0.4, 0.5) is 0 Å². The smallest absolute Gasteiger partial charge is 0.251 e. The lowest BCUT2D eigenvalue weighted by molar-refractivity contribution is -0.120. The van der Waals surface area contributed by atoms with Crippen molar-refractivity contribution in [3.8, 4) is 5.95 Å². The Labute approximate surface area is 158 Å². The van der Waals surface area contributed by atoms with E-state index in [0.717, 1.165) is 34.0 Å². The molecule has 0 fully saturated rings. The van der Waals surface area contributed by atoms with Gasteiger partial charge in [-0.3, -0.25) is 9.78 Å². The molecule has 3 aromatic heterocycles. The van der Waals surface area contributed by atoms with E-state index in [1.165, 1.54) is 0 Å². The van der Waals surface area contributed by atoms with Crippen molar-refractivity contribution in [1.29, 1.82) is 0 Å². The van der Waals surface area contributed by atoms with Gasteiger partial charge in [0.15, 0.2) is 0 Å². The third kappa shape index (κ3) is 4.55. The number of nitrogens with zero attached hydrogens (tertiary/aromatic N) is 5. The number of hydrogen-bond donors (Lipinski definition) is 1. The minimum absolute atomic E-state index is 0.0296. The molecular weight excluding hydrogens is 340 g/mol. The van der Waals surface area contributed by atoms with E-state index >= 15 is 0 Å². The van der Waals surface area contributed by atoms with Gasteiger partial charge in [-0.05, 0) is 45.9 Å². The average molecular weight is 364 g/mol. The lowest BCUT2D eigenvalue weighted by Gasteiger charge is -2.07. The Morgan fingerprint density at radius 2 is 1.85 bits per heavy atom. The lowest BCUT2D eigenvalue weighted by atomic mass is 10.1. The van der Waals surface area contributed by atoms with Crippen molar-refractivity contribution in [3.05, 3.63) is 64.5 Å². The van der Waals surface area contributed by atoms with Crippen molar-refractivity contribution in [1.82, 2.24) is 30.0 Å². The highest BCUT2D eigenvalue weighted by Crippen LogP contribution is 2.17. The van der Waals surface area contributed by atoms with Gasteiger partial charge >= 0.3 is 0 Å². The second-order valence-corrected chi connectivity index (χ2v) is 6.61. The SMILES string of the molecule is Cc1cc(C)nc(-n2nc(C)c(CC(=O)NCCc3ccccn3)c2C)n1. The van der Waals surface area contributed by atoms with E-state index < -0.39 is 0 Å². The first-order chi connectivity index (χ1) is 12.9. The Hall–Kier alpha value is -3.09. The number of hydrogen-bond acceptors (Lipinski definition) is 5. The Morgan fingerprint density at radius 3 is 2.52 bits per heavy atom. The molecule has 3 heterocycles. The first-order valence-corrected chi connectivity index (χ1v) is 8.98. The van der Waals surface area contributed by atoms with Crippen LogP contribution >= 0.6 is 0 Å². The van der Waals surface area contributed by atoms with Crippen LogP contribution in [-0.2, 0) is 17.6 Å². The van der Waals surface area contributed by atoms with E-state index in [-0.39, 0.29) is 12.3 Å². The summed E-state index contributed by atoms with van der Waals surface area (Å²) in [4.78, 5) is 25.5. The number of aryl methyl sites for hydroxylation is 3. The molecule has 140 valence electrons. The van der Waals surface area contributed by atoms with E-state index in [0.29, 0.717) is 18.9 Å². The summed E-state index contributed by atoms with van der Waals surface area (Å²) >= 11 is 0. The zero-order chi connectivity index (χ0) is 19.4. The number of nitrogens with one attached hydrogen (secondary N) is 1. The maximum absolute atomic E-state index is 12.4. The molecule has 0 saturated heterocycles. The van der Waals surface area contributed by atoms with Crippen molar-refractivity contribution in [2.45, 2.75) is 40.5 Å². The van der Waals surface area contributed by atoms with Crippen molar-refractivity contribution < 1.29 is 4.79 Å². The average Bonchev–Trinajstić information content (AvgIpc) is 2.90. The molecule has 27 heavy (non-hydrogen) atoms. The molecule has 0 atom stereocenters. The summed E-state index contributed by atoms with van der Waals surface area (Å²) in [7, 11) is 0. The standard InChI is InChI=1S/C20H24N6O/c1-13-11-14(2)24-20(23-13)26-16(4)18(15(3)25-26)12-19(27)22-10-8-17-7-5-6-9-21-17/h5-7,9,11H,8,10,12H2,1-4H3,(H,22,27). The molecule has 0 aliphatic heterocycles. The molecule has 0 aromatic carbocycles. The van der Waals surface area contributed by atoms with Crippen LogP contribution in [-0.4, -0.2) is 37.2 Å². The summed E-state index contributed by atoms with van der Waals surface area (Å²) in [6, 6.07) is 7.70. The van der Waals surface area contributed by atoms with Gasteiger partial charge in [0.2, 0.25) is 5.91 Å². The summed E-state index contributed by atoms with van der Waals surface area (Å²) in [5, 5.41) is 7.50. The van der Waals surface area contributed by atoms with Crippen LogP contribution in [0.5, 0.6) is 0 Å². The van der Waals surface area contributed by atoms with Crippen molar-refractivity contribution in [2.24, 2.45) is 0 Å².